The van der Waals surface area contributed by atoms with Gasteiger partial charge in [-0.05, 0) is 48.9 Å². The molecule has 0 unspecified atom stereocenters. The van der Waals surface area contributed by atoms with Crippen LogP contribution in [0.3, 0.4) is 0 Å². The van der Waals surface area contributed by atoms with Crippen LogP contribution < -0.4 is 21.1 Å². The molecule has 0 aliphatic rings. The van der Waals surface area contributed by atoms with E-state index in [1.807, 2.05) is 0 Å². The Hall–Kier alpha value is -3.99. The van der Waals surface area contributed by atoms with Gasteiger partial charge in [0.15, 0.2) is 11.4 Å². The van der Waals surface area contributed by atoms with Crippen molar-refractivity contribution in [3.05, 3.63) is 75.3 Å². The van der Waals surface area contributed by atoms with E-state index in [2.05, 4.69) is 25.6 Å². The van der Waals surface area contributed by atoms with Crippen LogP contribution in [0.1, 0.15) is 11.1 Å². The van der Waals surface area contributed by atoms with Gasteiger partial charge in [-0.15, -0.1) is 0 Å². The first kappa shape index (κ1) is 22.2. The first-order valence-electron chi connectivity index (χ1n) is 9.40. The third-order valence-corrected chi connectivity index (χ3v) is 4.90. The number of aromatic amines is 2. The lowest BCUT2D eigenvalue weighted by atomic mass is 10.2. The fourth-order valence-corrected chi connectivity index (χ4v) is 3.30. The number of carbonyl (C=O) groups is 1. The Balaban J connectivity index is 1.47. The SMILES string of the molecule is Cc1cc(NC(=O)Nc2ccc(Cl)c(C(F)(F)F)c2)ccc1Oc1ccnc2[nH]c(=O)[nH]c12. The van der Waals surface area contributed by atoms with Crippen LogP contribution in [0, 0.1) is 6.92 Å². The Kier molecular flexibility index (Phi) is 5.73. The highest BCUT2D eigenvalue weighted by Crippen LogP contribution is 2.36. The van der Waals surface area contributed by atoms with Crippen molar-refractivity contribution in [2.24, 2.45) is 0 Å². The molecule has 0 spiro atoms. The number of fused-ring (bicyclic) bond motifs is 1. The van der Waals surface area contributed by atoms with E-state index in [1.54, 1.807) is 31.2 Å². The summed E-state index contributed by atoms with van der Waals surface area (Å²) in [6, 6.07) is 8.71. The molecule has 2 aromatic heterocycles. The number of aryl methyl sites for hydroxylation is 1. The third kappa shape index (κ3) is 4.93. The minimum absolute atomic E-state index is 0.0666. The highest BCUT2D eigenvalue weighted by Gasteiger charge is 2.33. The second-order valence-corrected chi connectivity index (χ2v) is 7.37. The topological polar surface area (TPSA) is 112 Å². The highest BCUT2D eigenvalue weighted by atomic mass is 35.5. The quantitative estimate of drug-likeness (QED) is 0.303. The summed E-state index contributed by atoms with van der Waals surface area (Å²) in [4.78, 5) is 32.9. The second-order valence-electron chi connectivity index (χ2n) is 6.97. The maximum atomic E-state index is 13.0. The molecular weight excluding hydrogens is 463 g/mol. The number of benzene rings is 2. The van der Waals surface area contributed by atoms with Gasteiger partial charge in [-0.1, -0.05) is 11.6 Å². The van der Waals surface area contributed by atoms with Crippen molar-refractivity contribution < 1.29 is 22.7 Å². The number of hydrogen-bond donors (Lipinski definition) is 4. The van der Waals surface area contributed by atoms with Gasteiger partial charge in [0.25, 0.3) is 0 Å². The van der Waals surface area contributed by atoms with Gasteiger partial charge >= 0.3 is 17.9 Å². The fourth-order valence-electron chi connectivity index (χ4n) is 3.07. The minimum Gasteiger partial charge on any atom is -0.455 e. The Morgan fingerprint density at radius 3 is 2.42 bits per heavy atom. The van der Waals surface area contributed by atoms with Crippen LogP contribution in [0.2, 0.25) is 5.02 Å². The molecule has 0 radical (unpaired) electrons. The number of imidazole rings is 1. The van der Waals surface area contributed by atoms with Crippen LogP contribution in [-0.4, -0.2) is 21.0 Å². The maximum absolute atomic E-state index is 13.0. The summed E-state index contributed by atoms with van der Waals surface area (Å²) in [6.07, 6.45) is -3.16. The molecule has 0 aliphatic carbocycles. The molecule has 4 aromatic rings. The standard InChI is InChI=1S/C21H15ClF3N5O3/c1-10-8-11(27-19(31)28-12-2-4-14(22)13(9-12)21(23,24)25)3-5-15(10)33-16-6-7-26-18-17(16)29-20(32)30-18/h2-9H,1H3,(H2,27,28,31)(H2,26,29,30,32). The summed E-state index contributed by atoms with van der Waals surface area (Å²) in [6.45, 7) is 1.74. The average Bonchev–Trinajstić information content (AvgIpc) is 3.12. The van der Waals surface area contributed by atoms with Crippen molar-refractivity contribution in [2.45, 2.75) is 13.1 Å². The number of H-pyrrole nitrogens is 2. The van der Waals surface area contributed by atoms with Crippen LogP contribution in [-0.2, 0) is 6.18 Å². The van der Waals surface area contributed by atoms with Crippen LogP contribution >= 0.6 is 11.6 Å². The van der Waals surface area contributed by atoms with Crippen LogP contribution in [0.25, 0.3) is 11.2 Å². The van der Waals surface area contributed by atoms with Crippen LogP contribution in [0.4, 0.5) is 29.3 Å². The second kappa shape index (κ2) is 8.51. The number of halogens is 4. The number of amides is 2. The van der Waals surface area contributed by atoms with Gasteiger partial charge in [0, 0.05) is 23.6 Å². The highest BCUT2D eigenvalue weighted by molar-refractivity contribution is 6.31. The molecule has 2 heterocycles. The number of pyridine rings is 1. The number of nitrogens with one attached hydrogen (secondary N) is 4. The summed E-state index contributed by atoms with van der Waals surface area (Å²) in [5.41, 5.74) is 0.264. The van der Waals surface area contributed by atoms with Gasteiger partial charge in [-0.25, -0.2) is 14.6 Å². The van der Waals surface area contributed by atoms with Gasteiger partial charge in [0.05, 0.1) is 10.6 Å². The summed E-state index contributed by atoms with van der Waals surface area (Å²) in [5.74, 6) is 0.839. The molecule has 0 aliphatic heterocycles. The lowest BCUT2D eigenvalue weighted by molar-refractivity contribution is -0.137. The summed E-state index contributed by atoms with van der Waals surface area (Å²) >= 11 is 5.59. The first-order valence-corrected chi connectivity index (χ1v) is 9.78. The number of rotatable bonds is 4. The van der Waals surface area contributed by atoms with E-state index >= 15 is 0 Å². The third-order valence-electron chi connectivity index (χ3n) is 4.57. The van der Waals surface area contributed by atoms with Gasteiger partial charge in [-0.2, -0.15) is 13.2 Å². The number of nitrogens with zero attached hydrogens (tertiary/aromatic N) is 1. The number of anilines is 2. The molecular formula is C21H15ClF3N5O3. The lowest BCUT2D eigenvalue weighted by Gasteiger charge is -2.13. The van der Waals surface area contributed by atoms with Crippen molar-refractivity contribution in [3.8, 4) is 11.5 Å². The lowest BCUT2D eigenvalue weighted by Crippen LogP contribution is -2.20. The predicted octanol–water partition coefficient (Wildman–Crippen LogP) is 5.67. The van der Waals surface area contributed by atoms with Crippen molar-refractivity contribution in [1.82, 2.24) is 15.0 Å². The van der Waals surface area contributed by atoms with E-state index in [1.165, 1.54) is 12.3 Å². The smallest absolute Gasteiger partial charge is 0.417 e. The van der Waals surface area contributed by atoms with E-state index < -0.39 is 28.5 Å². The molecule has 33 heavy (non-hydrogen) atoms. The van der Waals surface area contributed by atoms with Crippen molar-refractivity contribution in [2.75, 3.05) is 10.6 Å². The van der Waals surface area contributed by atoms with Gasteiger partial charge in [0.2, 0.25) is 0 Å². The molecule has 170 valence electrons. The number of alkyl halides is 3. The molecule has 2 amide bonds. The zero-order valence-corrected chi connectivity index (χ0v) is 17.6. The zero-order valence-electron chi connectivity index (χ0n) is 16.8. The van der Waals surface area contributed by atoms with E-state index in [0.29, 0.717) is 33.9 Å². The first-order chi connectivity index (χ1) is 15.6. The van der Waals surface area contributed by atoms with E-state index in [-0.39, 0.29) is 5.69 Å². The van der Waals surface area contributed by atoms with Crippen LogP contribution in [0.5, 0.6) is 11.5 Å². The van der Waals surface area contributed by atoms with Gasteiger partial charge < -0.3 is 20.4 Å². The number of hydrogen-bond acceptors (Lipinski definition) is 4. The average molecular weight is 478 g/mol. The van der Waals surface area contributed by atoms with Crippen LogP contribution in [0.15, 0.2) is 53.5 Å². The molecule has 0 saturated carbocycles. The Morgan fingerprint density at radius 2 is 1.73 bits per heavy atom. The molecule has 2 aromatic carbocycles. The Bertz CT molecular complexity index is 1410. The summed E-state index contributed by atoms with van der Waals surface area (Å²) in [7, 11) is 0. The molecule has 0 saturated heterocycles. The number of aromatic nitrogens is 3. The maximum Gasteiger partial charge on any atom is 0.417 e. The van der Waals surface area contributed by atoms with E-state index in [9.17, 15) is 22.8 Å². The minimum atomic E-state index is -4.65. The van der Waals surface area contributed by atoms with Crippen molar-refractivity contribution in [1.29, 1.82) is 0 Å². The number of ether oxygens (including phenoxy) is 1. The van der Waals surface area contributed by atoms with E-state index in [0.717, 1.165) is 12.1 Å². The molecule has 4 N–H and O–H groups in total. The molecule has 12 heteroatoms. The van der Waals surface area contributed by atoms with Crippen molar-refractivity contribution >= 4 is 40.2 Å². The van der Waals surface area contributed by atoms with Crippen molar-refractivity contribution in [3.63, 3.8) is 0 Å². The number of urea groups is 1. The summed E-state index contributed by atoms with van der Waals surface area (Å²) in [5, 5.41) is 4.43. The molecule has 4 rings (SSSR count). The number of carbonyl (C=O) groups excluding carboxylic acids is 1. The fraction of sp³-hybridized carbons (Fsp3) is 0.0952. The molecule has 0 atom stereocenters. The molecule has 0 bridgehead atoms. The monoisotopic (exact) mass is 477 g/mol. The van der Waals surface area contributed by atoms with E-state index in [4.69, 9.17) is 16.3 Å². The largest absolute Gasteiger partial charge is 0.455 e. The Morgan fingerprint density at radius 1 is 1.03 bits per heavy atom. The zero-order chi connectivity index (χ0) is 23.8. The Labute approximate surface area is 188 Å². The molecule has 0 fully saturated rings. The summed E-state index contributed by atoms with van der Waals surface area (Å²) < 4.78 is 44.8. The molecule has 8 nitrogen and oxygen atoms in total. The normalized spacial score (nSPS) is 11.4. The van der Waals surface area contributed by atoms with Gasteiger partial charge in [-0.3, -0.25) is 4.98 Å². The van der Waals surface area contributed by atoms with Gasteiger partial charge in [0.1, 0.15) is 11.3 Å². The predicted molar refractivity (Wildman–Crippen MR) is 117 cm³/mol.